The van der Waals surface area contributed by atoms with Crippen LogP contribution in [0.25, 0.3) is 0 Å². The van der Waals surface area contributed by atoms with E-state index in [1.807, 2.05) is 0 Å². The summed E-state index contributed by atoms with van der Waals surface area (Å²) < 4.78 is 10.1. The molecule has 1 aromatic heterocycles. The van der Waals surface area contributed by atoms with E-state index in [1.54, 1.807) is 7.05 Å². The number of amides is 1. The molecule has 0 aliphatic heterocycles. The van der Waals surface area contributed by atoms with Gasteiger partial charge in [-0.1, -0.05) is 0 Å². The van der Waals surface area contributed by atoms with Gasteiger partial charge < -0.3 is 14.8 Å². The number of nitrogens with one attached hydrogen (secondary N) is 1. The molecule has 0 aliphatic rings. The van der Waals surface area contributed by atoms with Gasteiger partial charge in [-0.3, -0.25) is 9.78 Å². The lowest BCUT2D eigenvalue weighted by atomic mass is 10.2. The van der Waals surface area contributed by atoms with Gasteiger partial charge in [0.1, 0.15) is 5.56 Å². The third-order valence-electron chi connectivity index (χ3n) is 1.76. The van der Waals surface area contributed by atoms with E-state index in [0.717, 1.165) is 0 Å². The van der Waals surface area contributed by atoms with Gasteiger partial charge in [0.25, 0.3) is 5.91 Å². The van der Waals surface area contributed by atoms with Gasteiger partial charge in [0.15, 0.2) is 11.5 Å². The van der Waals surface area contributed by atoms with Crippen LogP contribution in [0.15, 0.2) is 12.4 Å². The maximum absolute atomic E-state index is 11.4. The molecule has 0 bridgehead atoms. The van der Waals surface area contributed by atoms with Crippen molar-refractivity contribution in [1.29, 1.82) is 0 Å². The van der Waals surface area contributed by atoms with E-state index in [4.69, 9.17) is 9.47 Å². The lowest BCUT2D eigenvalue weighted by Crippen LogP contribution is -2.19. The molecular weight excluding hydrogens is 184 g/mol. The van der Waals surface area contributed by atoms with Crippen LogP contribution in [0, 0.1) is 0 Å². The van der Waals surface area contributed by atoms with Gasteiger partial charge in [0, 0.05) is 13.2 Å². The zero-order chi connectivity index (χ0) is 10.6. The first-order chi connectivity index (χ1) is 6.74. The number of nitrogens with zero attached hydrogens (tertiary/aromatic N) is 1. The second kappa shape index (κ2) is 4.45. The lowest BCUT2D eigenvalue weighted by molar-refractivity contribution is 0.0959. The molecule has 14 heavy (non-hydrogen) atoms. The van der Waals surface area contributed by atoms with E-state index in [-0.39, 0.29) is 5.91 Å². The minimum Gasteiger partial charge on any atom is -0.492 e. The molecule has 1 rings (SSSR count). The Morgan fingerprint density at radius 1 is 1.36 bits per heavy atom. The molecule has 0 saturated heterocycles. The number of carbonyl (C=O) groups is 1. The number of hydrogen-bond donors (Lipinski definition) is 1. The molecule has 5 nitrogen and oxygen atoms in total. The first-order valence-corrected chi connectivity index (χ1v) is 4.02. The normalized spacial score (nSPS) is 9.36. The fourth-order valence-electron chi connectivity index (χ4n) is 1.08. The summed E-state index contributed by atoms with van der Waals surface area (Å²) in [5, 5.41) is 2.49. The van der Waals surface area contributed by atoms with Crippen LogP contribution in [0.3, 0.4) is 0 Å². The molecule has 1 amide bonds. The molecule has 76 valence electrons. The molecular formula is C9H12N2O3. The number of aromatic nitrogens is 1. The fourth-order valence-corrected chi connectivity index (χ4v) is 1.08. The molecule has 0 spiro atoms. The number of pyridine rings is 1. The Bertz CT molecular complexity index is 339. The Labute approximate surface area is 82.0 Å². The lowest BCUT2D eigenvalue weighted by Gasteiger charge is -2.10. The monoisotopic (exact) mass is 196 g/mol. The standard InChI is InChI=1S/C9H12N2O3/c1-10-9(12)6-4-11-5-7(13-2)8(6)14-3/h4-5H,1-3H3,(H,10,12). The molecule has 0 aromatic carbocycles. The molecule has 0 fully saturated rings. The minimum atomic E-state index is -0.256. The highest BCUT2D eigenvalue weighted by Crippen LogP contribution is 2.29. The Balaban J connectivity index is 3.21. The molecule has 0 saturated carbocycles. The number of methoxy groups -OCH3 is 2. The molecule has 1 N–H and O–H groups in total. The Morgan fingerprint density at radius 2 is 2.07 bits per heavy atom. The molecule has 0 unspecified atom stereocenters. The predicted molar refractivity (Wildman–Crippen MR) is 50.7 cm³/mol. The predicted octanol–water partition coefficient (Wildman–Crippen LogP) is 0.458. The van der Waals surface area contributed by atoms with E-state index in [0.29, 0.717) is 17.1 Å². The summed E-state index contributed by atoms with van der Waals surface area (Å²) >= 11 is 0. The highest BCUT2D eigenvalue weighted by Gasteiger charge is 2.15. The van der Waals surface area contributed by atoms with Crippen LogP contribution < -0.4 is 14.8 Å². The van der Waals surface area contributed by atoms with Crippen molar-refractivity contribution in [3.8, 4) is 11.5 Å². The first-order valence-electron chi connectivity index (χ1n) is 4.02. The molecule has 1 aromatic rings. The van der Waals surface area contributed by atoms with Crippen molar-refractivity contribution < 1.29 is 14.3 Å². The summed E-state index contributed by atoms with van der Waals surface area (Å²) in [5.41, 5.74) is 0.356. The van der Waals surface area contributed by atoms with Crippen LogP contribution in [-0.2, 0) is 0 Å². The van der Waals surface area contributed by atoms with E-state index >= 15 is 0 Å². The highest BCUT2D eigenvalue weighted by molar-refractivity contribution is 5.97. The van der Waals surface area contributed by atoms with E-state index in [2.05, 4.69) is 10.3 Å². The van der Waals surface area contributed by atoms with Crippen molar-refractivity contribution in [1.82, 2.24) is 10.3 Å². The average Bonchev–Trinajstić information content (AvgIpc) is 2.26. The number of carbonyl (C=O) groups excluding carboxylic acids is 1. The van der Waals surface area contributed by atoms with Gasteiger partial charge in [-0.05, 0) is 0 Å². The summed E-state index contributed by atoms with van der Waals surface area (Å²) in [6.07, 6.45) is 2.92. The SMILES string of the molecule is CNC(=O)c1cncc(OC)c1OC. The minimum absolute atomic E-state index is 0.256. The molecule has 0 radical (unpaired) electrons. The second-order valence-corrected chi connectivity index (χ2v) is 2.50. The number of ether oxygens (including phenoxy) is 2. The largest absolute Gasteiger partial charge is 0.492 e. The summed E-state index contributed by atoms with van der Waals surface area (Å²) in [7, 11) is 4.51. The van der Waals surface area contributed by atoms with Crippen molar-refractivity contribution in [2.45, 2.75) is 0 Å². The van der Waals surface area contributed by atoms with E-state index in [9.17, 15) is 4.79 Å². The van der Waals surface area contributed by atoms with Gasteiger partial charge in [0.2, 0.25) is 0 Å². The van der Waals surface area contributed by atoms with Gasteiger partial charge >= 0.3 is 0 Å². The second-order valence-electron chi connectivity index (χ2n) is 2.50. The smallest absolute Gasteiger partial charge is 0.256 e. The summed E-state index contributed by atoms with van der Waals surface area (Å²) in [5.74, 6) is 0.573. The third-order valence-corrected chi connectivity index (χ3v) is 1.76. The molecule has 1 heterocycles. The third kappa shape index (κ3) is 1.76. The van der Waals surface area contributed by atoms with Gasteiger partial charge in [-0.25, -0.2) is 0 Å². The molecule has 5 heteroatoms. The van der Waals surface area contributed by atoms with Crippen LogP contribution in [0.1, 0.15) is 10.4 Å². The summed E-state index contributed by atoms with van der Waals surface area (Å²) in [6.45, 7) is 0. The molecule has 0 atom stereocenters. The Hall–Kier alpha value is -1.78. The van der Waals surface area contributed by atoms with Crippen molar-refractivity contribution in [2.24, 2.45) is 0 Å². The zero-order valence-electron chi connectivity index (χ0n) is 8.33. The Morgan fingerprint density at radius 3 is 2.57 bits per heavy atom. The van der Waals surface area contributed by atoms with Crippen LogP contribution in [0.4, 0.5) is 0 Å². The van der Waals surface area contributed by atoms with Crippen molar-refractivity contribution in [3.05, 3.63) is 18.0 Å². The summed E-state index contributed by atoms with van der Waals surface area (Å²) in [6, 6.07) is 0. The van der Waals surface area contributed by atoms with Gasteiger partial charge in [-0.15, -0.1) is 0 Å². The van der Waals surface area contributed by atoms with Crippen molar-refractivity contribution in [3.63, 3.8) is 0 Å². The van der Waals surface area contributed by atoms with Crippen LogP contribution in [-0.4, -0.2) is 32.2 Å². The fraction of sp³-hybridized carbons (Fsp3) is 0.333. The van der Waals surface area contributed by atoms with E-state index < -0.39 is 0 Å². The maximum atomic E-state index is 11.4. The summed E-state index contributed by atoms with van der Waals surface area (Å²) in [4.78, 5) is 15.2. The first kappa shape index (κ1) is 10.3. The van der Waals surface area contributed by atoms with Gasteiger partial charge in [0.05, 0.1) is 20.4 Å². The van der Waals surface area contributed by atoms with Crippen molar-refractivity contribution in [2.75, 3.05) is 21.3 Å². The quantitative estimate of drug-likeness (QED) is 0.762. The van der Waals surface area contributed by atoms with Crippen LogP contribution in [0.2, 0.25) is 0 Å². The Kier molecular flexibility index (Phi) is 3.28. The van der Waals surface area contributed by atoms with Crippen LogP contribution in [0.5, 0.6) is 11.5 Å². The van der Waals surface area contributed by atoms with E-state index in [1.165, 1.54) is 26.6 Å². The zero-order valence-corrected chi connectivity index (χ0v) is 8.33. The van der Waals surface area contributed by atoms with Crippen LogP contribution >= 0.6 is 0 Å². The topological polar surface area (TPSA) is 60.5 Å². The number of hydrogen-bond acceptors (Lipinski definition) is 4. The highest BCUT2D eigenvalue weighted by atomic mass is 16.5. The van der Waals surface area contributed by atoms with Gasteiger partial charge in [-0.2, -0.15) is 0 Å². The molecule has 0 aliphatic carbocycles. The van der Waals surface area contributed by atoms with Crippen molar-refractivity contribution >= 4 is 5.91 Å². The average molecular weight is 196 g/mol. The maximum Gasteiger partial charge on any atom is 0.256 e. The number of rotatable bonds is 3.